The molecule has 1 fully saturated rings. The fourth-order valence-electron chi connectivity index (χ4n) is 4.84. The summed E-state index contributed by atoms with van der Waals surface area (Å²) in [6.45, 7) is 1.13. The highest BCUT2D eigenvalue weighted by Gasteiger charge is 2.35. The highest BCUT2D eigenvalue weighted by molar-refractivity contribution is 7.98. The zero-order valence-corrected chi connectivity index (χ0v) is 20.8. The second kappa shape index (κ2) is 11.1. The van der Waals surface area contributed by atoms with Gasteiger partial charge in [0.2, 0.25) is 5.91 Å². The Hall–Kier alpha value is -3.04. The Morgan fingerprint density at radius 3 is 2.31 bits per heavy atom. The van der Waals surface area contributed by atoms with Gasteiger partial charge in [-0.3, -0.25) is 14.5 Å². The number of nitrogens with zero attached hydrogens (tertiary/aromatic N) is 2. The molecule has 186 valence electrons. The van der Waals surface area contributed by atoms with Crippen LogP contribution in [0.3, 0.4) is 0 Å². The number of thioether (sulfide) groups is 1. The fraction of sp³-hybridized carbons (Fsp3) is 0.423. The molecule has 1 saturated heterocycles. The molecule has 2 aromatic carbocycles. The van der Waals surface area contributed by atoms with Gasteiger partial charge >= 0.3 is 12.1 Å². The van der Waals surface area contributed by atoms with Crippen LogP contribution in [0, 0.1) is 0 Å². The molecule has 1 aliphatic carbocycles. The second-order valence-electron chi connectivity index (χ2n) is 8.92. The summed E-state index contributed by atoms with van der Waals surface area (Å²) in [4.78, 5) is 40.9. The van der Waals surface area contributed by atoms with Crippen molar-refractivity contribution in [3.63, 3.8) is 0 Å². The lowest BCUT2D eigenvalue weighted by molar-refractivity contribution is -0.148. The standard InChI is InChI=1S/C26H31N3O5S/c1-28-12-13-29(15-23(28)25(31)32)24(30)22(11-14-35-2)27-26(33)34-16-21-19-9-5-3-7-17(19)18-8-4-6-10-20(18)21/h3-10,21-23H,11-16H2,1-2H3,(H,27,33)(H,31,32). The first-order valence-corrected chi connectivity index (χ1v) is 13.1. The maximum absolute atomic E-state index is 13.2. The number of nitrogens with one attached hydrogen (secondary N) is 1. The van der Waals surface area contributed by atoms with Crippen molar-refractivity contribution in [2.45, 2.75) is 24.4 Å². The van der Waals surface area contributed by atoms with E-state index in [1.54, 1.807) is 23.7 Å². The average molecular weight is 498 g/mol. The minimum absolute atomic E-state index is 0.0672. The Labute approximate surface area is 209 Å². The first-order chi connectivity index (χ1) is 16.9. The largest absolute Gasteiger partial charge is 0.480 e. The number of hydrogen-bond donors (Lipinski definition) is 2. The number of ether oxygens (including phenoxy) is 1. The maximum Gasteiger partial charge on any atom is 0.407 e. The van der Waals surface area contributed by atoms with Gasteiger partial charge in [0, 0.05) is 25.6 Å². The van der Waals surface area contributed by atoms with Gasteiger partial charge in [-0.25, -0.2) is 4.79 Å². The van der Waals surface area contributed by atoms with Crippen LogP contribution in [-0.2, 0) is 14.3 Å². The number of piperazine rings is 1. The molecule has 2 amide bonds. The number of carboxylic acids is 1. The molecule has 2 aliphatic rings. The smallest absolute Gasteiger partial charge is 0.407 e. The number of alkyl carbamates (subject to hydrolysis) is 1. The van der Waals surface area contributed by atoms with Gasteiger partial charge < -0.3 is 20.1 Å². The van der Waals surface area contributed by atoms with Crippen molar-refractivity contribution in [3.8, 4) is 11.1 Å². The van der Waals surface area contributed by atoms with Crippen molar-refractivity contribution >= 4 is 29.7 Å². The Kier molecular flexibility index (Phi) is 7.97. The fourth-order valence-corrected chi connectivity index (χ4v) is 5.31. The summed E-state index contributed by atoms with van der Waals surface area (Å²) in [6, 6.07) is 14.7. The first kappa shape index (κ1) is 25.1. The molecule has 9 heteroatoms. The number of carboxylic acid groups (broad SMARTS) is 1. The van der Waals surface area contributed by atoms with Gasteiger partial charge in [0.05, 0.1) is 0 Å². The molecular weight excluding hydrogens is 466 g/mol. The molecule has 1 aliphatic heterocycles. The highest BCUT2D eigenvalue weighted by atomic mass is 32.2. The van der Waals surface area contributed by atoms with E-state index in [-0.39, 0.29) is 25.0 Å². The van der Waals surface area contributed by atoms with E-state index < -0.39 is 24.1 Å². The Balaban J connectivity index is 1.41. The minimum Gasteiger partial charge on any atom is -0.480 e. The van der Waals surface area contributed by atoms with Crippen molar-refractivity contribution in [2.75, 3.05) is 45.3 Å². The lowest BCUT2D eigenvalue weighted by Gasteiger charge is -2.38. The third-order valence-electron chi connectivity index (χ3n) is 6.79. The number of aliphatic carboxylic acids is 1. The molecule has 0 bridgehead atoms. The highest BCUT2D eigenvalue weighted by Crippen LogP contribution is 2.44. The van der Waals surface area contributed by atoms with Gasteiger partial charge in [-0.05, 0) is 47.7 Å². The summed E-state index contributed by atoms with van der Waals surface area (Å²) in [5.74, 6) is -0.625. The van der Waals surface area contributed by atoms with Crippen LogP contribution in [0.2, 0.25) is 0 Å². The van der Waals surface area contributed by atoms with E-state index in [1.807, 2.05) is 30.5 Å². The average Bonchev–Trinajstić information content (AvgIpc) is 3.18. The van der Waals surface area contributed by atoms with Crippen LogP contribution < -0.4 is 5.32 Å². The first-order valence-electron chi connectivity index (χ1n) is 11.7. The molecule has 0 spiro atoms. The van der Waals surface area contributed by atoms with Crippen LogP contribution in [0.15, 0.2) is 48.5 Å². The molecule has 35 heavy (non-hydrogen) atoms. The van der Waals surface area contributed by atoms with Gasteiger partial charge in [-0.15, -0.1) is 0 Å². The van der Waals surface area contributed by atoms with Gasteiger partial charge in [-0.2, -0.15) is 11.8 Å². The molecule has 2 aromatic rings. The molecule has 2 atom stereocenters. The normalized spacial score (nSPS) is 18.5. The topological polar surface area (TPSA) is 99.2 Å². The quantitative estimate of drug-likeness (QED) is 0.579. The number of benzene rings is 2. The molecule has 0 aromatic heterocycles. The third kappa shape index (κ3) is 5.46. The van der Waals surface area contributed by atoms with E-state index >= 15 is 0 Å². The third-order valence-corrected chi connectivity index (χ3v) is 7.43. The molecule has 1 heterocycles. The molecule has 0 saturated carbocycles. The number of carbonyl (C=O) groups excluding carboxylic acids is 2. The van der Waals surface area contributed by atoms with Gasteiger partial charge in [0.25, 0.3) is 0 Å². The molecule has 4 rings (SSSR count). The lowest BCUT2D eigenvalue weighted by atomic mass is 9.98. The van der Waals surface area contributed by atoms with E-state index in [1.165, 1.54) is 4.90 Å². The van der Waals surface area contributed by atoms with E-state index in [4.69, 9.17) is 4.74 Å². The van der Waals surface area contributed by atoms with Crippen LogP contribution >= 0.6 is 11.8 Å². The molecular formula is C26H31N3O5S. The second-order valence-corrected chi connectivity index (χ2v) is 9.91. The van der Waals surface area contributed by atoms with E-state index in [9.17, 15) is 19.5 Å². The van der Waals surface area contributed by atoms with E-state index in [0.717, 1.165) is 22.3 Å². The summed E-state index contributed by atoms with van der Waals surface area (Å²) in [5, 5.41) is 12.2. The molecule has 2 N–H and O–H groups in total. The van der Waals surface area contributed by atoms with E-state index in [0.29, 0.717) is 25.3 Å². The van der Waals surface area contributed by atoms with Gasteiger partial charge in [0.15, 0.2) is 0 Å². The predicted molar refractivity (Wildman–Crippen MR) is 136 cm³/mol. The SMILES string of the molecule is CSCCC(NC(=O)OCC1c2ccccc2-c2ccccc21)C(=O)N1CCN(C)C(C(=O)O)C1. The van der Waals surface area contributed by atoms with Crippen molar-refractivity contribution in [2.24, 2.45) is 0 Å². The van der Waals surface area contributed by atoms with Crippen LogP contribution in [0.5, 0.6) is 0 Å². The summed E-state index contributed by atoms with van der Waals surface area (Å²) >= 11 is 1.58. The number of amides is 2. The number of hydrogen-bond acceptors (Lipinski definition) is 6. The Morgan fingerprint density at radius 2 is 1.71 bits per heavy atom. The number of rotatable bonds is 8. The minimum atomic E-state index is -0.963. The van der Waals surface area contributed by atoms with Crippen molar-refractivity contribution in [3.05, 3.63) is 59.7 Å². The molecule has 2 unspecified atom stereocenters. The summed E-state index contributed by atoms with van der Waals surface area (Å²) < 4.78 is 5.63. The summed E-state index contributed by atoms with van der Waals surface area (Å²) in [7, 11) is 1.74. The number of carbonyl (C=O) groups is 3. The predicted octanol–water partition coefficient (Wildman–Crippen LogP) is 2.87. The lowest BCUT2D eigenvalue weighted by Crippen LogP contribution is -2.59. The number of fused-ring (bicyclic) bond motifs is 3. The number of likely N-dealkylation sites (N-methyl/N-ethyl adjacent to an activating group) is 1. The van der Waals surface area contributed by atoms with Crippen molar-refractivity contribution in [1.82, 2.24) is 15.1 Å². The van der Waals surface area contributed by atoms with Crippen molar-refractivity contribution in [1.29, 1.82) is 0 Å². The Morgan fingerprint density at radius 1 is 1.09 bits per heavy atom. The van der Waals surface area contributed by atoms with Crippen LogP contribution in [0.1, 0.15) is 23.5 Å². The van der Waals surface area contributed by atoms with E-state index in [2.05, 4.69) is 29.6 Å². The summed E-state index contributed by atoms with van der Waals surface area (Å²) in [5.41, 5.74) is 4.53. The molecule has 0 radical (unpaired) electrons. The monoisotopic (exact) mass is 497 g/mol. The Bertz CT molecular complexity index is 1050. The zero-order chi connectivity index (χ0) is 24.9. The maximum atomic E-state index is 13.2. The summed E-state index contributed by atoms with van der Waals surface area (Å²) in [6.07, 6.45) is 1.73. The van der Waals surface area contributed by atoms with Gasteiger partial charge in [-0.1, -0.05) is 48.5 Å². The molecule has 8 nitrogen and oxygen atoms in total. The van der Waals surface area contributed by atoms with Crippen LogP contribution in [-0.4, -0.2) is 90.3 Å². The zero-order valence-electron chi connectivity index (χ0n) is 20.0. The van der Waals surface area contributed by atoms with Gasteiger partial charge in [0.1, 0.15) is 18.7 Å². The van der Waals surface area contributed by atoms with Crippen molar-refractivity contribution < 1.29 is 24.2 Å². The van der Waals surface area contributed by atoms with Crippen LogP contribution in [0.25, 0.3) is 11.1 Å². The van der Waals surface area contributed by atoms with Crippen LogP contribution in [0.4, 0.5) is 4.79 Å².